The highest BCUT2D eigenvalue weighted by atomic mass is 19.1. The fourth-order valence-corrected chi connectivity index (χ4v) is 4.31. The molecule has 4 rings (SSSR count). The van der Waals surface area contributed by atoms with Crippen LogP contribution >= 0.6 is 0 Å². The molecular formula is C28H33FN4. The number of halogens is 1. The van der Waals surface area contributed by atoms with E-state index in [4.69, 9.17) is 10.7 Å². The van der Waals surface area contributed by atoms with E-state index in [2.05, 4.69) is 28.9 Å². The first-order valence-electron chi connectivity index (χ1n) is 11.8. The van der Waals surface area contributed by atoms with Gasteiger partial charge in [0.1, 0.15) is 11.5 Å². The topological polar surface area (TPSA) is 54.2 Å². The molecule has 1 aliphatic heterocycles. The zero-order valence-electron chi connectivity index (χ0n) is 19.6. The lowest BCUT2D eigenvalue weighted by Gasteiger charge is -2.31. The third-order valence-electron chi connectivity index (χ3n) is 6.25. The molecule has 1 saturated carbocycles. The molecular weight excluding hydrogens is 411 g/mol. The van der Waals surface area contributed by atoms with Crippen molar-refractivity contribution in [1.82, 2.24) is 15.2 Å². The standard InChI is InChI=1S/C28H33FN4/c1-4-10-25(33-17-7-6-8-18-33)23(5-2)31-27(20-13-14-20)28-22(30)15-16-24(32-28)21-12-9-11-19(3)26(21)29/h4-5,9-12,15-16,31H,2,6-8,13-14,17-18,30H2,1,3H3/b10-4-,25-23-. The summed E-state index contributed by atoms with van der Waals surface area (Å²) < 4.78 is 14.8. The number of benzene rings is 1. The number of nitrogens with one attached hydrogen (secondary N) is 1. The Kier molecular flexibility index (Phi) is 6.97. The second kappa shape index (κ2) is 10.1. The minimum Gasteiger partial charge on any atom is -0.397 e. The number of likely N-dealkylation sites (tertiary alicyclic amines) is 1. The molecule has 1 aromatic carbocycles. The van der Waals surface area contributed by atoms with Gasteiger partial charge in [-0.2, -0.15) is 0 Å². The van der Waals surface area contributed by atoms with E-state index in [1.54, 1.807) is 25.1 Å². The number of allylic oxidation sites excluding steroid dienone is 4. The molecule has 172 valence electrons. The molecule has 0 spiro atoms. The summed E-state index contributed by atoms with van der Waals surface area (Å²) in [6.07, 6.45) is 11.7. The van der Waals surface area contributed by atoms with E-state index in [0.29, 0.717) is 28.2 Å². The van der Waals surface area contributed by atoms with Crippen LogP contribution < -0.4 is 11.1 Å². The van der Waals surface area contributed by atoms with Crippen LogP contribution in [0.3, 0.4) is 0 Å². The van der Waals surface area contributed by atoms with Gasteiger partial charge in [-0.1, -0.05) is 24.8 Å². The number of hydrogen-bond donors (Lipinski definition) is 2. The molecule has 1 saturated heterocycles. The maximum atomic E-state index is 14.8. The van der Waals surface area contributed by atoms with Gasteiger partial charge in [0.05, 0.1) is 28.5 Å². The Morgan fingerprint density at radius 2 is 1.91 bits per heavy atom. The lowest BCUT2D eigenvalue weighted by molar-refractivity contribution is 0.290. The Morgan fingerprint density at radius 1 is 1.15 bits per heavy atom. The lowest BCUT2D eigenvalue weighted by atomic mass is 10.1. The highest BCUT2D eigenvalue weighted by Crippen LogP contribution is 2.38. The van der Waals surface area contributed by atoms with Gasteiger partial charge >= 0.3 is 0 Å². The molecule has 2 aliphatic rings. The van der Waals surface area contributed by atoms with Crippen molar-refractivity contribution < 1.29 is 4.39 Å². The van der Waals surface area contributed by atoms with Crippen molar-refractivity contribution in [2.45, 2.75) is 46.0 Å². The summed E-state index contributed by atoms with van der Waals surface area (Å²) in [5, 5.41) is 3.62. The largest absolute Gasteiger partial charge is 0.397 e. The highest BCUT2D eigenvalue weighted by Gasteiger charge is 2.24. The number of piperidine rings is 1. The lowest BCUT2D eigenvalue weighted by Crippen LogP contribution is -2.31. The molecule has 5 heteroatoms. The van der Waals surface area contributed by atoms with Crippen molar-refractivity contribution in [3.63, 3.8) is 0 Å². The number of anilines is 1. The average Bonchev–Trinajstić information content (AvgIpc) is 3.67. The number of nitrogens with zero attached hydrogens (tertiary/aromatic N) is 2. The van der Waals surface area contributed by atoms with Crippen LogP contribution in [-0.4, -0.2) is 23.0 Å². The first kappa shape index (κ1) is 22.8. The molecule has 1 aromatic heterocycles. The van der Waals surface area contributed by atoms with Gasteiger partial charge < -0.3 is 16.0 Å². The number of rotatable bonds is 7. The molecule has 0 radical (unpaired) electrons. The summed E-state index contributed by atoms with van der Waals surface area (Å²) in [6.45, 7) is 9.96. The smallest absolute Gasteiger partial charge is 0.135 e. The first-order valence-corrected chi connectivity index (χ1v) is 11.8. The van der Waals surface area contributed by atoms with Crippen LogP contribution in [0.15, 0.2) is 72.1 Å². The van der Waals surface area contributed by atoms with Crippen LogP contribution in [0, 0.1) is 12.7 Å². The average molecular weight is 445 g/mol. The van der Waals surface area contributed by atoms with Crippen molar-refractivity contribution in [1.29, 1.82) is 0 Å². The van der Waals surface area contributed by atoms with E-state index < -0.39 is 0 Å². The summed E-state index contributed by atoms with van der Waals surface area (Å²) in [7, 11) is 0. The van der Waals surface area contributed by atoms with E-state index in [0.717, 1.165) is 43.0 Å². The van der Waals surface area contributed by atoms with E-state index >= 15 is 0 Å². The minimum absolute atomic E-state index is 0.249. The molecule has 4 nitrogen and oxygen atoms in total. The Hall–Kier alpha value is -3.34. The molecule has 1 aliphatic carbocycles. The fraction of sp³-hybridized carbons (Fsp3) is 0.321. The third-order valence-corrected chi connectivity index (χ3v) is 6.25. The monoisotopic (exact) mass is 444 g/mol. The van der Waals surface area contributed by atoms with Crippen LogP contribution in [0.25, 0.3) is 17.0 Å². The van der Waals surface area contributed by atoms with Gasteiger partial charge in [0.25, 0.3) is 0 Å². The third kappa shape index (κ3) is 5.03. The number of nitrogens with two attached hydrogens (primary N) is 1. The maximum Gasteiger partial charge on any atom is 0.135 e. The van der Waals surface area contributed by atoms with Crippen LogP contribution in [0.5, 0.6) is 0 Å². The summed E-state index contributed by atoms with van der Waals surface area (Å²) in [6, 6.07) is 8.98. The molecule has 0 unspecified atom stereocenters. The molecule has 3 N–H and O–H groups in total. The SMILES string of the molecule is C=C/C(NC(=C1CC1)c1nc(-c2cccc(C)c2F)ccc1N)=C(\C=C/C)N1CCCCC1. The number of nitrogen functional groups attached to an aromatic ring is 1. The molecule has 2 heterocycles. The van der Waals surface area contributed by atoms with E-state index in [1.807, 2.05) is 25.1 Å². The Labute approximate surface area is 196 Å². The van der Waals surface area contributed by atoms with Gasteiger partial charge in [0.15, 0.2) is 0 Å². The maximum absolute atomic E-state index is 14.8. The van der Waals surface area contributed by atoms with Gasteiger partial charge in [0.2, 0.25) is 0 Å². The normalized spacial score (nSPS) is 16.6. The Bertz CT molecular complexity index is 1130. The Morgan fingerprint density at radius 3 is 2.58 bits per heavy atom. The predicted molar refractivity (Wildman–Crippen MR) is 136 cm³/mol. The summed E-state index contributed by atoms with van der Waals surface area (Å²) in [5.74, 6) is -0.249. The van der Waals surface area contributed by atoms with E-state index in [-0.39, 0.29) is 5.82 Å². The van der Waals surface area contributed by atoms with E-state index in [1.165, 1.54) is 24.8 Å². The summed E-state index contributed by atoms with van der Waals surface area (Å²) in [5.41, 5.74) is 13.6. The summed E-state index contributed by atoms with van der Waals surface area (Å²) in [4.78, 5) is 7.25. The van der Waals surface area contributed by atoms with Gasteiger partial charge in [0, 0.05) is 18.7 Å². The number of pyridine rings is 1. The fourth-order valence-electron chi connectivity index (χ4n) is 4.31. The Balaban J connectivity index is 1.76. The predicted octanol–water partition coefficient (Wildman–Crippen LogP) is 6.33. The van der Waals surface area contributed by atoms with E-state index in [9.17, 15) is 4.39 Å². The minimum atomic E-state index is -0.249. The quantitative estimate of drug-likeness (QED) is 0.490. The van der Waals surface area contributed by atoms with Crippen LogP contribution in [0.1, 0.15) is 50.3 Å². The summed E-state index contributed by atoms with van der Waals surface area (Å²) >= 11 is 0. The van der Waals surface area contributed by atoms with Crippen LogP contribution in [0.2, 0.25) is 0 Å². The number of aryl methyl sites for hydroxylation is 1. The van der Waals surface area contributed by atoms with Crippen LogP contribution in [-0.2, 0) is 0 Å². The molecule has 2 fully saturated rings. The van der Waals surface area contributed by atoms with Gasteiger partial charge in [-0.25, -0.2) is 9.37 Å². The van der Waals surface area contributed by atoms with Crippen molar-refractivity contribution in [2.75, 3.05) is 18.8 Å². The first-order chi connectivity index (χ1) is 16.0. The van der Waals surface area contributed by atoms with Crippen molar-refractivity contribution >= 4 is 11.4 Å². The molecule has 0 bridgehead atoms. The van der Waals surface area contributed by atoms with Crippen molar-refractivity contribution in [3.05, 3.63) is 89.2 Å². The van der Waals surface area contributed by atoms with Gasteiger partial charge in [-0.3, -0.25) is 0 Å². The van der Waals surface area contributed by atoms with Gasteiger partial charge in [-0.15, -0.1) is 0 Å². The molecule has 33 heavy (non-hydrogen) atoms. The highest BCUT2D eigenvalue weighted by molar-refractivity contribution is 5.79. The molecule has 0 amide bonds. The number of aromatic nitrogens is 1. The van der Waals surface area contributed by atoms with Crippen LogP contribution in [0.4, 0.5) is 10.1 Å². The van der Waals surface area contributed by atoms with Crippen molar-refractivity contribution in [2.24, 2.45) is 0 Å². The second-order valence-corrected chi connectivity index (χ2v) is 8.73. The molecule has 2 aromatic rings. The molecule has 0 atom stereocenters. The second-order valence-electron chi connectivity index (χ2n) is 8.73. The zero-order chi connectivity index (χ0) is 23.4. The number of hydrogen-bond acceptors (Lipinski definition) is 4. The van der Waals surface area contributed by atoms with Gasteiger partial charge in [-0.05, 0) is 87.4 Å². The zero-order valence-corrected chi connectivity index (χ0v) is 19.6. The van der Waals surface area contributed by atoms with Crippen molar-refractivity contribution in [3.8, 4) is 11.3 Å².